The number of rotatable bonds is 48. The molecule has 9 nitrogen and oxygen atoms in total. The van der Waals surface area contributed by atoms with Gasteiger partial charge in [-0.1, -0.05) is 206 Å². The second-order valence-electron chi connectivity index (χ2n) is 19.4. The summed E-state index contributed by atoms with van der Waals surface area (Å²) in [6.07, 6.45) is 48.8. The number of nitrogens with zero attached hydrogens (tertiary/aromatic N) is 1. The quantitative estimate of drug-likeness (QED) is 0.0206. The summed E-state index contributed by atoms with van der Waals surface area (Å²) in [4.78, 5) is 37.4. The number of esters is 1. The fourth-order valence-corrected chi connectivity index (χ4v) is 8.43. The Hall–Kier alpha value is -1.51. The highest BCUT2D eigenvalue weighted by atomic mass is 31.2. The smallest absolute Gasteiger partial charge is 0.456 e. The monoisotopic (exact) mass is 912 g/mol. The lowest BCUT2D eigenvalue weighted by atomic mass is 10.0. The predicted octanol–water partition coefficient (Wildman–Crippen LogP) is 15.4. The molecule has 0 radical (unpaired) electrons. The van der Waals surface area contributed by atoms with Gasteiger partial charge in [-0.2, -0.15) is 0 Å². The molecule has 63 heavy (non-hydrogen) atoms. The molecule has 0 bridgehead atoms. The molecule has 3 atom stereocenters. The number of phosphoric acid groups is 1. The van der Waals surface area contributed by atoms with Crippen molar-refractivity contribution in [2.24, 2.45) is 0 Å². The van der Waals surface area contributed by atoms with Crippen LogP contribution in [0.25, 0.3) is 0 Å². The maximum atomic E-state index is 13.4. The van der Waals surface area contributed by atoms with Crippen LogP contribution in [-0.4, -0.2) is 74.3 Å². The SMILES string of the molecule is CCCCCCCC/C=C\CCCCCC(=O)OC(/C=C/CCCCCCCCCCCCC)C(COP(=O)(O)OCC[N+](C)(C)C)NC(=O)CCCCCCCCCCCCC. The number of amides is 1. The van der Waals surface area contributed by atoms with Gasteiger partial charge in [0, 0.05) is 12.8 Å². The number of ether oxygens (including phenoxy) is 1. The van der Waals surface area contributed by atoms with Crippen LogP contribution < -0.4 is 5.32 Å². The van der Waals surface area contributed by atoms with Gasteiger partial charge in [0.1, 0.15) is 19.3 Å². The van der Waals surface area contributed by atoms with Gasteiger partial charge in [0.25, 0.3) is 0 Å². The largest absolute Gasteiger partial charge is 0.472 e. The molecular weight excluding hydrogens is 808 g/mol. The minimum absolute atomic E-state index is 0.0410. The van der Waals surface area contributed by atoms with Crippen LogP contribution in [0, 0.1) is 0 Å². The molecule has 3 unspecified atom stereocenters. The Morgan fingerprint density at radius 3 is 1.37 bits per heavy atom. The Kier molecular flexibility index (Phi) is 43.3. The molecule has 0 aromatic carbocycles. The van der Waals surface area contributed by atoms with Crippen LogP contribution in [0.15, 0.2) is 24.3 Å². The van der Waals surface area contributed by atoms with Crippen LogP contribution >= 0.6 is 7.82 Å². The maximum absolute atomic E-state index is 13.4. The number of phosphoric ester groups is 1. The Morgan fingerprint density at radius 1 is 0.540 bits per heavy atom. The minimum Gasteiger partial charge on any atom is -0.456 e. The van der Waals surface area contributed by atoms with Gasteiger partial charge in [-0.25, -0.2) is 4.57 Å². The van der Waals surface area contributed by atoms with Crippen molar-refractivity contribution in [3.63, 3.8) is 0 Å². The first-order valence-corrected chi connectivity index (χ1v) is 28.2. The first kappa shape index (κ1) is 61.5. The van der Waals surface area contributed by atoms with Crippen molar-refractivity contribution < 1.29 is 37.3 Å². The number of nitrogens with one attached hydrogen (secondary N) is 1. The summed E-state index contributed by atoms with van der Waals surface area (Å²) in [6, 6.07) is -0.845. The van der Waals surface area contributed by atoms with E-state index in [0.29, 0.717) is 17.4 Å². The maximum Gasteiger partial charge on any atom is 0.472 e. The first-order valence-electron chi connectivity index (χ1n) is 26.7. The van der Waals surface area contributed by atoms with E-state index >= 15 is 0 Å². The number of hydrogen-bond acceptors (Lipinski definition) is 6. The highest BCUT2D eigenvalue weighted by Gasteiger charge is 2.30. The van der Waals surface area contributed by atoms with Crippen molar-refractivity contribution in [1.82, 2.24) is 5.32 Å². The van der Waals surface area contributed by atoms with E-state index in [1.165, 1.54) is 148 Å². The van der Waals surface area contributed by atoms with Crippen molar-refractivity contribution in [2.45, 2.75) is 264 Å². The third kappa shape index (κ3) is 45.4. The van der Waals surface area contributed by atoms with E-state index in [0.717, 1.165) is 70.6 Å². The molecule has 0 saturated heterocycles. The van der Waals surface area contributed by atoms with Crippen molar-refractivity contribution in [1.29, 1.82) is 0 Å². The van der Waals surface area contributed by atoms with E-state index in [2.05, 4.69) is 38.2 Å². The standard InChI is InChI=1S/C53H103N2O7P/c1-7-10-13-16-19-22-25-27-30-32-35-38-41-44-51(62-53(57)46-43-40-37-34-31-28-26-23-20-17-14-11-8-2)50(49-61-63(58,59)60-48-47-55(4,5)6)54-52(56)45-42-39-36-33-29-24-21-18-15-12-9-3/h28,31,41,44,50-51H,7-27,29-30,32-40,42-43,45-49H2,1-6H3,(H-,54,56,58,59)/p+1/b31-28-,44-41+. The van der Waals surface area contributed by atoms with Crippen LogP contribution in [0.2, 0.25) is 0 Å². The summed E-state index contributed by atoms with van der Waals surface area (Å²) in [5.41, 5.74) is 0. The van der Waals surface area contributed by atoms with Crippen molar-refractivity contribution in [3.8, 4) is 0 Å². The summed E-state index contributed by atoms with van der Waals surface area (Å²) in [7, 11) is 1.50. The number of likely N-dealkylation sites (N-methyl/N-ethyl adjacent to an activating group) is 1. The molecule has 0 rings (SSSR count). The van der Waals surface area contributed by atoms with Gasteiger partial charge < -0.3 is 19.4 Å². The molecule has 0 aromatic rings. The van der Waals surface area contributed by atoms with E-state index in [9.17, 15) is 19.0 Å². The minimum atomic E-state index is -4.43. The molecule has 2 N–H and O–H groups in total. The summed E-state index contributed by atoms with van der Waals surface area (Å²) in [5, 5.41) is 3.03. The van der Waals surface area contributed by atoms with E-state index in [1.54, 1.807) is 0 Å². The molecule has 0 aromatic heterocycles. The van der Waals surface area contributed by atoms with Gasteiger partial charge >= 0.3 is 13.8 Å². The Morgan fingerprint density at radius 2 is 0.921 bits per heavy atom. The predicted molar refractivity (Wildman–Crippen MR) is 268 cm³/mol. The van der Waals surface area contributed by atoms with Crippen LogP contribution in [0.3, 0.4) is 0 Å². The lowest BCUT2D eigenvalue weighted by molar-refractivity contribution is -0.870. The zero-order valence-corrected chi connectivity index (χ0v) is 43.2. The van der Waals surface area contributed by atoms with Gasteiger partial charge in [0.2, 0.25) is 5.91 Å². The van der Waals surface area contributed by atoms with Crippen LogP contribution in [0.5, 0.6) is 0 Å². The van der Waals surface area contributed by atoms with Gasteiger partial charge in [-0.05, 0) is 57.4 Å². The van der Waals surface area contributed by atoms with Gasteiger partial charge in [0.05, 0.1) is 33.8 Å². The van der Waals surface area contributed by atoms with Crippen molar-refractivity contribution in [3.05, 3.63) is 24.3 Å². The molecule has 0 aliphatic heterocycles. The summed E-state index contributed by atoms with van der Waals surface area (Å²) < 4.78 is 30.5. The zero-order valence-electron chi connectivity index (χ0n) is 42.3. The topological polar surface area (TPSA) is 111 Å². The average molecular weight is 912 g/mol. The summed E-state index contributed by atoms with van der Waals surface area (Å²) >= 11 is 0. The highest BCUT2D eigenvalue weighted by Crippen LogP contribution is 2.43. The fraction of sp³-hybridized carbons (Fsp3) is 0.887. The zero-order chi connectivity index (χ0) is 46.5. The summed E-state index contributed by atoms with van der Waals surface area (Å²) in [6.45, 7) is 6.99. The lowest BCUT2D eigenvalue weighted by Gasteiger charge is -2.27. The molecule has 0 heterocycles. The molecule has 0 fully saturated rings. The van der Waals surface area contributed by atoms with Crippen molar-refractivity contribution in [2.75, 3.05) is 40.9 Å². The molecule has 10 heteroatoms. The molecular formula is C53H104N2O7P+. The highest BCUT2D eigenvalue weighted by molar-refractivity contribution is 7.47. The molecule has 1 amide bonds. The normalized spacial score (nSPS) is 14.1. The van der Waals surface area contributed by atoms with Crippen LogP contribution in [-0.2, 0) is 27.9 Å². The molecule has 0 aliphatic carbocycles. The van der Waals surface area contributed by atoms with Gasteiger partial charge in [-0.3, -0.25) is 18.6 Å². The second kappa shape index (κ2) is 44.3. The fourth-order valence-electron chi connectivity index (χ4n) is 7.70. The van der Waals surface area contributed by atoms with Crippen LogP contribution in [0.1, 0.15) is 252 Å². The van der Waals surface area contributed by atoms with E-state index in [1.807, 2.05) is 33.3 Å². The lowest BCUT2D eigenvalue weighted by Crippen LogP contribution is -2.47. The van der Waals surface area contributed by atoms with Crippen LogP contribution in [0.4, 0.5) is 0 Å². The number of carbonyl (C=O) groups excluding carboxylic acids is 2. The molecule has 0 spiro atoms. The number of unbranched alkanes of at least 4 members (excludes halogenated alkanes) is 30. The Labute approximate surface area is 390 Å². The summed E-state index contributed by atoms with van der Waals surface area (Å²) in [5.74, 6) is -0.517. The molecule has 0 saturated carbocycles. The van der Waals surface area contributed by atoms with E-state index in [4.69, 9.17) is 13.8 Å². The van der Waals surface area contributed by atoms with Gasteiger partial charge in [0.15, 0.2) is 0 Å². The Balaban J connectivity index is 5.45. The number of hydrogen-bond donors (Lipinski definition) is 2. The third-order valence-electron chi connectivity index (χ3n) is 11.9. The molecule has 372 valence electrons. The first-order chi connectivity index (χ1) is 30.4. The van der Waals surface area contributed by atoms with Gasteiger partial charge in [-0.15, -0.1) is 0 Å². The van der Waals surface area contributed by atoms with Crippen molar-refractivity contribution >= 4 is 19.7 Å². The second-order valence-corrected chi connectivity index (χ2v) is 20.9. The molecule has 0 aliphatic rings. The van der Waals surface area contributed by atoms with E-state index < -0.39 is 20.0 Å². The third-order valence-corrected chi connectivity index (χ3v) is 12.9. The number of carbonyl (C=O) groups is 2. The average Bonchev–Trinajstić information content (AvgIpc) is 3.23. The number of quaternary nitrogens is 1. The number of allylic oxidation sites excluding steroid dienone is 3. The van der Waals surface area contributed by atoms with E-state index in [-0.39, 0.29) is 31.5 Å². The Bertz CT molecular complexity index is 1140.